The lowest BCUT2D eigenvalue weighted by Crippen LogP contribution is -2.36. The van der Waals surface area contributed by atoms with E-state index in [4.69, 9.17) is 0 Å². The van der Waals surface area contributed by atoms with E-state index in [0.29, 0.717) is 11.8 Å². The first-order valence-corrected chi connectivity index (χ1v) is 7.17. The average molecular weight is 276 g/mol. The molecular weight excluding hydrogens is 254 g/mol. The molecule has 3 heteroatoms. The van der Waals surface area contributed by atoms with Gasteiger partial charge in [0.05, 0.1) is 0 Å². The van der Waals surface area contributed by atoms with E-state index < -0.39 is 0 Å². The molecule has 0 bridgehead atoms. The van der Waals surface area contributed by atoms with E-state index in [1.54, 1.807) is 0 Å². The van der Waals surface area contributed by atoms with E-state index >= 15 is 0 Å². The van der Waals surface area contributed by atoms with Crippen LogP contribution >= 0.6 is 15.9 Å². The zero-order valence-corrected chi connectivity index (χ0v) is 11.2. The predicted octanol–water partition coefficient (Wildman–Crippen LogP) is 3.25. The molecule has 0 atom stereocenters. The second-order valence-electron chi connectivity index (χ2n) is 4.72. The monoisotopic (exact) mass is 275 g/mol. The van der Waals surface area contributed by atoms with Crippen LogP contribution in [-0.4, -0.2) is 17.8 Å². The molecule has 1 aliphatic rings. The topological polar surface area (TPSA) is 29.1 Å². The Hall–Kier alpha value is -0.0500. The SMILES string of the molecule is CCCCC(=O)NCC1(CBr)CCCC1. The average Bonchev–Trinajstić information content (AvgIpc) is 2.73. The van der Waals surface area contributed by atoms with Crippen molar-refractivity contribution in [2.24, 2.45) is 5.41 Å². The number of hydrogen-bond donors (Lipinski definition) is 1. The van der Waals surface area contributed by atoms with Gasteiger partial charge in [0.15, 0.2) is 0 Å². The summed E-state index contributed by atoms with van der Waals surface area (Å²) < 4.78 is 0. The Kier molecular flexibility index (Phi) is 5.65. The minimum Gasteiger partial charge on any atom is -0.356 e. The molecule has 88 valence electrons. The molecule has 0 aromatic rings. The molecular formula is C12H22BrNO. The summed E-state index contributed by atoms with van der Waals surface area (Å²) in [7, 11) is 0. The minimum atomic E-state index is 0.226. The number of amides is 1. The standard InChI is InChI=1S/C12H22BrNO/c1-2-3-6-11(15)14-10-12(9-13)7-4-5-8-12/h2-10H2,1H3,(H,14,15). The fourth-order valence-corrected chi connectivity index (χ4v) is 2.95. The first-order valence-electron chi connectivity index (χ1n) is 6.05. The molecule has 1 saturated carbocycles. The Morgan fingerprint density at radius 3 is 2.60 bits per heavy atom. The maximum atomic E-state index is 11.5. The van der Waals surface area contributed by atoms with Crippen LogP contribution in [0.1, 0.15) is 51.9 Å². The third kappa shape index (κ3) is 4.13. The van der Waals surface area contributed by atoms with Crippen LogP contribution in [0, 0.1) is 5.41 Å². The Balaban J connectivity index is 2.25. The lowest BCUT2D eigenvalue weighted by Gasteiger charge is -2.26. The molecule has 0 aliphatic heterocycles. The van der Waals surface area contributed by atoms with Crippen LogP contribution in [0.25, 0.3) is 0 Å². The summed E-state index contributed by atoms with van der Waals surface area (Å²) in [5.74, 6) is 0.226. The third-order valence-corrected chi connectivity index (χ3v) is 4.56. The van der Waals surface area contributed by atoms with E-state index in [1.807, 2.05) is 0 Å². The van der Waals surface area contributed by atoms with Crippen molar-refractivity contribution in [1.82, 2.24) is 5.32 Å². The molecule has 1 aliphatic carbocycles. The molecule has 0 saturated heterocycles. The number of hydrogen-bond acceptors (Lipinski definition) is 1. The van der Waals surface area contributed by atoms with Gasteiger partial charge in [0.2, 0.25) is 5.91 Å². The molecule has 0 unspecified atom stereocenters. The van der Waals surface area contributed by atoms with Crippen LogP contribution in [-0.2, 0) is 4.79 Å². The zero-order chi connectivity index (χ0) is 11.1. The highest BCUT2D eigenvalue weighted by atomic mass is 79.9. The van der Waals surface area contributed by atoms with Crippen molar-refractivity contribution < 1.29 is 4.79 Å². The fourth-order valence-electron chi connectivity index (χ4n) is 2.19. The number of unbranched alkanes of at least 4 members (excludes halogenated alkanes) is 1. The molecule has 1 rings (SSSR count). The second-order valence-corrected chi connectivity index (χ2v) is 5.28. The highest BCUT2D eigenvalue weighted by Crippen LogP contribution is 2.38. The van der Waals surface area contributed by atoms with Gasteiger partial charge in [-0.05, 0) is 24.7 Å². The molecule has 0 aromatic heterocycles. The Morgan fingerprint density at radius 2 is 2.07 bits per heavy atom. The lowest BCUT2D eigenvalue weighted by atomic mass is 9.89. The highest BCUT2D eigenvalue weighted by molar-refractivity contribution is 9.09. The highest BCUT2D eigenvalue weighted by Gasteiger charge is 2.32. The predicted molar refractivity (Wildman–Crippen MR) is 67.2 cm³/mol. The van der Waals surface area contributed by atoms with Crippen molar-refractivity contribution in [3.8, 4) is 0 Å². The second kappa shape index (κ2) is 6.51. The number of nitrogens with one attached hydrogen (secondary N) is 1. The van der Waals surface area contributed by atoms with Crippen molar-refractivity contribution in [3.05, 3.63) is 0 Å². The molecule has 0 radical (unpaired) electrons. The summed E-state index contributed by atoms with van der Waals surface area (Å²) in [5.41, 5.74) is 0.349. The van der Waals surface area contributed by atoms with Gasteiger partial charge in [-0.1, -0.05) is 42.1 Å². The summed E-state index contributed by atoms with van der Waals surface area (Å²) in [6.07, 6.45) is 7.94. The molecule has 2 nitrogen and oxygen atoms in total. The van der Waals surface area contributed by atoms with E-state index in [1.165, 1.54) is 25.7 Å². The molecule has 0 aromatic carbocycles. The van der Waals surface area contributed by atoms with Crippen LogP contribution in [0.2, 0.25) is 0 Å². The Bertz CT molecular complexity index is 200. The first kappa shape index (κ1) is 13.0. The number of rotatable bonds is 6. The van der Waals surface area contributed by atoms with Crippen molar-refractivity contribution in [2.75, 3.05) is 11.9 Å². The van der Waals surface area contributed by atoms with E-state index in [2.05, 4.69) is 28.2 Å². The first-order chi connectivity index (χ1) is 7.22. The molecule has 1 fully saturated rings. The number of halogens is 1. The van der Waals surface area contributed by atoms with Gasteiger partial charge in [0.25, 0.3) is 0 Å². The minimum absolute atomic E-state index is 0.226. The van der Waals surface area contributed by atoms with Crippen molar-refractivity contribution >= 4 is 21.8 Å². The van der Waals surface area contributed by atoms with Gasteiger partial charge in [-0.3, -0.25) is 4.79 Å². The Morgan fingerprint density at radius 1 is 1.40 bits per heavy atom. The van der Waals surface area contributed by atoms with Gasteiger partial charge in [0, 0.05) is 18.3 Å². The van der Waals surface area contributed by atoms with Crippen LogP contribution in [0.4, 0.5) is 0 Å². The fraction of sp³-hybridized carbons (Fsp3) is 0.917. The largest absolute Gasteiger partial charge is 0.356 e. The summed E-state index contributed by atoms with van der Waals surface area (Å²) in [5, 5.41) is 4.10. The molecule has 0 heterocycles. The number of carbonyl (C=O) groups is 1. The number of alkyl halides is 1. The van der Waals surface area contributed by atoms with Crippen LogP contribution < -0.4 is 5.32 Å². The van der Waals surface area contributed by atoms with Crippen LogP contribution in [0.3, 0.4) is 0 Å². The smallest absolute Gasteiger partial charge is 0.220 e. The zero-order valence-electron chi connectivity index (χ0n) is 9.65. The Labute approximate surface area is 101 Å². The molecule has 15 heavy (non-hydrogen) atoms. The molecule has 1 amide bonds. The summed E-state index contributed by atoms with van der Waals surface area (Å²) >= 11 is 3.58. The van der Waals surface area contributed by atoms with E-state index in [0.717, 1.165) is 24.7 Å². The van der Waals surface area contributed by atoms with Crippen molar-refractivity contribution in [3.63, 3.8) is 0 Å². The quantitative estimate of drug-likeness (QED) is 0.741. The van der Waals surface area contributed by atoms with Gasteiger partial charge in [-0.2, -0.15) is 0 Å². The van der Waals surface area contributed by atoms with E-state index in [-0.39, 0.29) is 5.91 Å². The van der Waals surface area contributed by atoms with Crippen LogP contribution in [0.5, 0.6) is 0 Å². The van der Waals surface area contributed by atoms with Gasteiger partial charge in [0.1, 0.15) is 0 Å². The maximum Gasteiger partial charge on any atom is 0.220 e. The van der Waals surface area contributed by atoms with Crippen molar-refractivity contribution in [2.45, 2.75) is 51.9 Å². The third-order valence-electron chi connectivity index (χ3n) is 3.37. The molecule has 1 N–H and O–H groups in total. The van der Waals surface area contributed by atoms with Gasteiger partial charge < -0.3 is 5.32 Å². The van der Waals surface area contributed by atoms with Gasteiger partial charge in [-0.15, -0.1) is 0 Å². The lowest BCUT2D eigenvalue weighted by molar-refractivity contribution is -0.121. The van der Waals surface area contributed by atoms with Gasteiger partial charge >= 0.3 is 0 Å². The number of carbonyl (C=O) groups excluding carboxylic acids is 1. The summed E-state index contributed by atoms with van der Waals surface area (Å²) in [6.45, 7) is 2.98. The van der Waals surface area contributed by atoms with Crippen molar-refractivity contribution in [1.29, 1.82) is 0 Å². The summed E-state index contributed by atoms with van der Waals surface area (Å²) in [6, 6.07) is 0. The normalized spacial score (nSPS) is 19.1. The maximum absolute atomic E-state index is 11.5. The summed E-state index contributed by atoms with van der Waals surface area (Å²) in [4.78, 5) is 11.5. The van der Waals surface area contributed by atoms with Crippen LogP contribution in [0.15, 0.2) is 0 Å². The van der Waals surface area contributed by atoms with E-state index in [9.17, 15) is 4.79 Å². The molecule has 0 spiro atoms. The van der Waals surface area contributed by atoms with Gasteiger partial charge in [-0.25, -0.2) is 0 Å².